The lowest BCUT2D eigenvalue weighted by molar-refractivity contribution is -0.144. The number of primary amides is 1. The Balaban J connectivity index is 0.950. The molecule has 10 heteroatoms. The number of amides is 2. The van der Waals surface area contributed by atoms with Crippen LogP contribution in [0.25, 0.3) is 44.2 Å². The van der Waals surface area contributed by atoms with E-state index in [9.17, 15) is 9.59 Å². The molecule has 0 spiro atoms. The summed E-state index contributed by atoms with van der Waals surface area (Å²) in [6.07, 6.45) is 4.31. The van der Waals surface area contributed by atoms with E-state index in [2.05, 4.69) is 69.9 Å². The number of carbonyl (C=O) groups is 2. The smallest absolute Gasteiger partial charge is 0.405 e. The van der Waals surface area contributed by atoms with Crippen LogP contribution >= 0.6 is 0 Å². The average Bonchev–Trinajstić information content (AvgIpc) is 3.64. The van der Waals surface area contributed by atoms with E-state index in [1.807, 2.05) is 24.9 Å². The third kappa shape index (κ3) is 4.65. The van der Waals surface area contributed by atoms with Crippen molar-refractivity contribution in [3.8, 4) is 22.4 Å². The summed E-state index contributed by atoms with van der Waals surface area (Å²) in [6.45, 7) is 3.72. The first-order valence-corrected chi connectivity index (χ1v) is 16.4. The number of imidazole rings is 2. The molecule has 2 amide bonds. The van der Waals surface area contributed by atoms with E-state index in [0.29, 0.717) is 18.0 Å². The van der Waals surface area contributed by atoms with Crippen molar-refractivity contribution in [2.75, 3.05) is 0 Å². The maximum atomic E-state index is 13.6. The quantitative estimate of drug-likeness (QED) is 0.178. The predicted octanol–water partition coefficient (Wildman–Crippen LogP) is 5.98. The SMILES string of the molecule is CC(C)C(OC(N)=O)C(=O)N1[C@@H]2C[C@@H]2C[C@H]1c1ncc(-c2ccc3cc(-c4ccc5nc([C@@H]6C[C@H]7C[C@H]7N6)[nH]c5c4)ccc3c2)[nH]1. The maximum Gasteiger partial charge on any atom is 0.405 e. The van der Waals surface area contributed by atoms with Gasteiger partial charge in [-0.2, -0.15) is 0 Å². The molecule has 4 heterocycles. The largest absolute Gasteiger partial charge is 0.436 e. The van der Waals surface area contributed by atoms with Gasteiger partial charge in [0, 0.05) is 17.6 Å². The zero-order valence-electron chi connectivity index (χ0n) is 25.9. The molecule has 0 radical (unpaired) electrons. The molecule has 2 aromatic heterocycles. The number of likely N-dealkylation sites (tertiary alicyclic amines) is 1. The highest BCUT2D eigenvalue weighted by molar-refractivity contribution is 5.92. The number of aromatic amines is 2. The van der Waals surface area contributed by atoms with Crippen LogP contribution in [0.3, 0.4) is 0 Å². The van der Waals surface area contributed by atoms with E-state index in [4.69, 9.17) is 20.4 Å². The Morgan fingerprint density at radius 1 is 0.891 bits per heavy atom. The number of ether oxygens (including phenoxy) is 1. The Kier molecular flexibility index (Phi) is 6.09. The number of nitrogens with zero attached hydrogens (tertiary/aromatic N) is 3. The fraction of sp³-hybridized carbons (Fsp3) is 0.389. The monoisotopic (exact) mass is 615 g/mol. The average molecular weight is 616 g/mol. The van der Waals surface area contributed by atoms with Crippen molar-refractivity contribution in [2.24, 2.45) is 23.5 Å². The third-order valence-corrected chi connectivity index (χ3v) is 10.6. The number of piperidine rings is 2. The second-order valence-corrected chi connectivity index (χ2v) is 14.0. The van der Waals surface area contributed by atoms with Gasteiger partial charge in [0.2, 0.25) is 0 Å². The molecule has 10 nitrogen and oxygen atoms in total. The number of fused-ring (bicyclic) bond motifs is 4. The van der Waals surface area contributed by atoms with Crippen molar-refractivity contribution in [1.29, 1.82) is 0 Å². The fourth-order valence-corrected chi connectivity index (χ4v) is 7.91. The van der Waals surface area contributed by atoms with E-state index in [1.165, 1.54) is 12.8 Å². The van der Waals surface area contributed by atoms with Crippen LogP contribution in [0.15, 0.2) is 60.8 Å². The van der Waals surface area contributed by atoms with Crippen molar-refractivity contribution >= 4 is 33.8 Å². The number of aromatic nitrogens is 4. The molecular formula is C36H37N7O3. The van der Waals surface area contributed by atoms with Crippen LogP contribution < -0.4 is 11.1 Å². The van der Waals surface area contributed by atoms with Crippen LogP contribution in [-0.2, 0) is 9.53 Å². The zero-order chi connectivity index (χ0) is 31.3. The van der Waals surface area contributed by atoms with Crippen molar-refractivity contribution in [1.82, 2.24) is 30.2 Å². The molecule has 2 saturated heterocycles. The predicted molar refractivity (Wildman–Crippen MR) is 174 cm³/mol. The Morgan fingerprint density at radius 3 is 2.41 bits per heavy atom. The lowest BCUT2D eigenvalue weighted by Crippen LogP contribution is -2.46. The molecule has 4 fully saturated rings. The molecule has 5 N–H and O–H groups in total. The Labute approximate surface area is 266 Å². The summed E-state index contributed by atoms with van der Waals surface area (Å²) in [5, 5.41) is 5.98. The summed E-state index contributed by atoms with van der Waals surface area (Å²) in [5.74, 6) is 2.70. The van der Waals surface area contributed by atoms with E-state index in [-0.39, 0.29) is 23.9 Å². The second-order valence-electron chi connectivity index (χ2n) is 14.0. The van der Waals surface area contributed by atoms with Gasteiger partial charge in [0.1, 0.15) is 11.6 Å². The lowest BCUT2D eigenvalue weighted by atomic mass is 9.99. The topological polar surface area (TPSA) is 142 Å². The normalized spacial score (nSPS) is 26.8. The zero-order valence-corrected chi connectivity index (χ0v) is 25.9. The van der Waals surface area contributed by atoms with Gasteiger partial charge < -0.3 is 30.7 Å². The van der Waals surface area contributed by atoms with Crippen LogP contribution in [0.2, 0.25) is 0 Å². The minimum Gasteiger partial charge on any atom is -0.436 e. The number of nitrogens with two attached hydrogens (primary N) is 1. The minimum atomic E-state index is -0.931. The number of carbonyl (C=O) groups excluding carboxylic acids is 2. The molecule has 2 aliphatic carbocycles. The minimum absolute atomic E-state index is 0.157. The standard InChI is InChI=1S/C36H37N7O3/c1-17(2)32(46-36(37)45)35(44)43-30-14-24(30)15-31(43)34-38-16-29(42-34)22-6-5-18-9-19(3-4-20(18)10-22)21-7-8-25-27(11-21)41-33(40-25)28-13-23-12-26(23)39-28/h3-11,16-17,23-24,26,28,30-32,39H,12-15H2,1-2H3,(H2,37,45)(H,38,42)(H,40,41)/t23-,24-,26-,28+,30-,31+,32?/m1/s1. The van der Waals surface area contributed by atoms with Crippen molar-refractivity contribution in [3.63, 3.8) is 0 Å². The molecule has 1 unspecified atom stereocenters. The summed E-state index contributed by atoms with van der Waals surface area (Å²) < 4.78 is 5.24. The maximum absolute atomic E-state index is 13.6. The highest BCUT2D eigenvalue weighted by Crippen LogP contribution is 2.53. The van der Waals surface area contributed by atoms with Crippen molar-refractivity contribution in [2.45, 2.75) is 69.8 Å². The Bertz CT molecular complexity index is 2020. The highest BCUT2D eigenvalue weighted by atomic mass is 16.6. The van der Waals surface area contributed by atoms with Gasteiger partial charge >= 0.3 is 6.09 Å². The third-order valence-electron chi connectivity index (χ3n) is 10.6. The van der Waals surface area contributed by atoms with Gasteiger partial charge in [0.05, 0.1) is 35.0 Å². The van der Waals surface area contributed by atoms with Gasteiger partial charge in [0.25, 0.3) is 5.91 Å². The summed E-state index contributed by atoms with van der Waals surface area (Å²) in [6, 6.07) is 20.5. The number of hydrogen-bond acceptors (Lipinski definition) is 6. The van der Waals surface area contributed by atoms with Crippen LogP contribution in [0, 0.1) is 17.8 Å². The first-order valence-electron chi connectivity index (χ1n) is 16.4. The number of hydrogen-bond donors (Lipinski definition) is 4. The van der Waals surface area contributed by atoms with Crippen LogP contribution in [0.1, 0.15) is 63.3 Å². The first-order chi connectivity index (χ1) is 22.3. The highest BCUT2D eigenvalue weighted by Gasteiger charge is 2.56. The van der Waals surface area contributed by atoms with Gasteiger partial charge in [-0.3, -0.25) is 4.79 Å². The molecular weight excluding hydrogens is 578 g/mol. The molecule has 4 aliphatic rings. The number of H-pyrrole nitrogens is 2. The van der Waals surface area contributed by atoms with E-state index in [1.54, 1.807) is 0 Å². The van der Waals surface area contributed by atoms with E-state index >= 15 is 0 Å². The molecule has 2 saturated carbocycles. The van der Waals surface area contributed by atoms with Gasteiger partial charge in [-0.05, 0) is 89.6 Å². The molecule has 7 atom stereocenters. The van der Waals surface area contributed by atoms with Crippen LogP contribution in [0.4, 0.5) is 4.79 Å². The molecule has 234 valence electrons. The first kappa shape index (κ1) is 27.6. The summed E-state index contributed by atoms with van der Waals surface area (Å²) >= 11 is 0. The number of benzene rings is 3. The summed E-state index contributed by atoms with van der Waals surface area (Å²) in [5.41, 5.74) is 11.6. The Hall–Kier alpha value is -4.70. The number of rotatable bonds is 7. The molecule has 46 heavy (non-hydrogen) atoms. The van der Waals surface area contributed by atoms with Crippen molar-refractivity contribution in [3.05, 3.63) is 72.4 Å². The van der Waals surface area contributed by atoms with Gasteiger partial charge in [0.15, 0.2) is 6.10 Å². The molecule has 0 bridgehead atoms. The molecule has 5 aromatic rings. The van der Waals surface area contributed by atoms with Gasteiger partial charge in [-0.25, -0.2) is 14.8 Å². The number of nitrogens with one attached hydrogen (secondary N) is 3. The van der Waals surface area contributed by atoms with Crippen LogP contribution in [0.5, 0.6) is 0 Å². The van der Waals surface area contributed by atoms with Gasteiger partial charge in [-0.15, -0.1) is 0 Å². The van der Waals surface area contributed by atoms with Crippen molar-refractivity contribution < 1.29 is 14.3 Å². The fourth-order valence-electron chi connectivity index (χ4n) is 7.91. The van der Waals surface area contributed by atoms with Crippen LogP contribution in [-0.4, -0.2) is 55.0 Å². The molecule has 3 aromatic carbocycles. The van der Waals surface area contributed by atoms with E-state index < -0.39 is 12.2 Å². The van der Waals surface area contributed by atoms with E-state index in [0.717, 1.165) is 74.6 Å². The molecule has 9 rings (SSSR count). The Morgan fingerprint density at radius 2 is 1.65 bits per heavy atom. The summed E-state index contributed by atoms with van der Waals surface area (Å²) in [4.78, 5) is 43.6. The molecule has 2 aliphatic heterocycles. The second kappa shape index (κ2) is 10.2. The lowest BCUT2D eigenvalue weighted by Gasteiger charge is -2.31. The van der Waals surface area contributed by atoms with Gasteiger partial charge in [-0.1, -0.05) is 44.2 Å². The summed E-state index contributed by atoms with van der Waals surface area (Å²) in [7, 11) is 0.